The Labute approximate surface area is 87.8 Å². The van der Waals surface area contributed by atoms with Crippen molar-refractivity contribution in [1.29, 1.82) is 0 Å². The van der Waals surface area contributed by atoms with E-state index in [1.165, 1.54) is 6.07 Å². The molecule has 0 spiro atoms. The van der Waals surface area contributed by atoms with Gasteiger partial charge in [-0.1, -0.05) is 18.2 Å². The van der Waals surface area contributed by atoms with E-state index in [1.54, 1.807) is 37.6 Å². The lowest BCUT2D eigenvalue weighted by Crippen LogP contribution is -1.94. The van der Waals surface area contributed by atoms with Crippen molar-refractivity contribution in [3.05, 3.63) is 48.5 Å². The number of aromatic nitrogens is 1. The van der Waals surface area contributed by atoms with Crippen LogP contribution in [0.25, 0.3) is 11.1 Å². The van der Waals surface area contributed by atoms with Crippen LogP contribution in [0.1, 0.15) is 0 Å². The van der Waals surface area contributed by atoms with Crippen LogP contribution < -0.4 is 5.32 Å². The van der Waals surface area contributed by atoms with E-state index in [0.29, 0.717) is 5.56 Å². The zero-order valence-electron chi connectivity index (χ0n) is 8.37. The minimum atomic E-state index is -0.222. The summed E-state index contributed by atoms with van der Waals surface area (Å²) in [5.41, 5.74) is 2.23. The lowest BCUT2D eigenvalue weighted by molar-refractivity contribution is 0.631. The Kier molecular flexibility index (Phi) is 2.63. The molecule has 1 heterocycles. The van der Waals surface area contributed by atoms with Crippen LogP contribution >= 0.6 is 0 Å². The fourth-order valence-electron chi connectivity index (χ4n) is 1.51. The molecular weight excluding hydrogens is 191 g/mol. The zero-order valence-corrected chi connectivity index (χ0v) is 8.37. The van der Waals surface area contributed by atoms with E-state index < -0.39 is 0 Å². The Morgan fingerprint density at radius 2 is 1.93 bits per heavy atom. The molecule has 0 saturated carbocycles. The minimum Gasteiger partial charge on any atom is -0.386 e. The van der Waals surface area contributed by atoms with Crippen LogP contribution in [-0.4, -0.2) is 12.0 Å². The number of benzene rings is 1. The van der Waals surface area contributed by atoms with E-state index in [9.17, 15) is 4.39 Å². The smallest absolute Gasteiger partial charge is 0.131 e. The monoisotopic (exact) mass is 202 g/mol. The maximum Gasteiger partial charge on any atom is 0.131 e. The molecule has 0 aliphatic rings. The highest BCUT2D eigenvalue weighted by Crippen LogP contribution is 2.28. The van der Waals surface area contributed by atoms with E-state index in [1.807, 2.05) is 6.07 Å². The summed E-state index contributed by atoms with van der Waals surface area (Å²) in [5.74, 6) is -0.222. The molecule has 76 valence electrons. The highest BCUT2D eigenvalue weighted by molar-refractivity contribution is 5.77. The van der Waals surface area contributed by atoms with Crippen molar-refractivity contribution in [2.45, 2.75) is 0 Å². The second-order valence-corrected chi connectivity index (χ2v) is 3.15. The Balaban J connectivity index is 2.59. The van der Waals surface area contributed by atoms with Crippen molar-refractivity contribution < 1.29 is 4.39 Å². The molecule has 1 aromatic carbocycles. The number of hydrogen-bond acceptors (Lipinski definition) is 2. The molecule has 0 radical (unpaired) electrons. The van der Waals surface area contributed by atoms with Crippen LogP contribution in [0.3, 0.4) is 0 Å². The SMILES string of the molecule is CNc1cnccc1-c1ccccc1F. The van der Waals surface area contributed by atoms with Gasteiger partial charge in [-0.05, 0) is 12.1 Å². The molecule has 0 unspecified atom stereocenters. The summed E-state index contributed by atoms with van der Waals surface area (Å²) >= 11 is 0. The summed E-state index contributed by atoms with van der Waals surface area (Å²) in [6, 6.07) is 8.50. The van der Waals surface area contributed by atoms with Crippen molar-refractivity contribution in [3.8, 4) is 11.1 Å². The molecule has 2 rings (SSSR count). The molecule has 2 aromatic rings. The Bertz CT molecular complexity index is 469. The van der Waals surface area contributed by atoms with Gasteiger partial charge in [-0.2, -0.15) is 0 Å². The predicted molar refractivity (Wildman–Crippen MR) is 59.2 cm³/mol. The van der Waals surface area contributed by atoms with Gasteiger partial charge in [0.25, 0.3) is 0 Å². The van der Waals surface area contributed by atoms with Crippen molar-refractivity contribution in [2.75, 3.05) is 12.4 Å². The summed E-state index contributed by atoms with van der Waals surface area (Å²) in [5, 5.41) is 2.99. The van der Waals surface area contributed by atoms with Gasteiger partial charge in [-0.15, -0.1) is 0 Å². The van der Waals surface area contributed by atoms with Crippen molar-refractivity contribution >= 4 is 5.69 Å². The van der Waals surface area contributed by atoms with Crippen molar-refractivity contribution in [1.82, 2.24) is 4.98 Å². The zero-order chi connectivity index (χ0) is 10.7. The number of pyridine rings is 1. The molecule has 15 heavy (non-hydrogen) atoms. The van der Waals surface area contributed by atoms with Gasteiger partial charge in [0.15, 0.2) is 0 Å². The third-order valence-corrected chi connectivity index (χ3v) is 2.25. The maximum atomic E-state index is 13.5. The first-order chi connectivity index (χ1) is 7.33. The fraction of sp³-hybridized carbons (Fsp3) is 0.0833. The lowest BCUT2D eigenvalue weighted by Gasteiger charge is -2.08. The second-order valence-electron chi connectivity index (χ2n) is 3.15. The second kappa shape index (κ2) is 4.09. The van der Waals surface area contributed by atoms with E-state index in [2.05, 4.69) is 10.3 Å². The molecule has 0 aliphatic carbocycles. The van der Waals surface area contributed by atoms with E-state index in [-0.39, 0.29) is 5.82 Å². The molecule has 0 saturated heterocycles. The van der Waals surface area contributed by atoms with Gasteiger partial charge < -0.3 is 5.32 Å². The molecule has 0 amide bonds. The lowest BCUT2D eigenvalue weighted by atomic mass is 10.1. The molecule has 1 aromatic heterocycles. The van der Waals surface area contributed by atoms with E-state index in [4.69, 9.17) is 0 Å². The molecule has 0 fully saturated rings. The number of nitrogens with one attached hydrogen (secondary N) is 1. The van der Waals surface area contributed by atoms with Crippen molar-refractivity contribution in [3.63, 3.8) is 0 Å². The van der Waals surface area contributed by atoms with Gasteiger partial charge in [0, 0.05) is 24.4 Å². The molecule has 1 N–H and O–H groups in total. The standard InChI is InChI=1S/C12H11FN2/c1-14-12-8-15-7-6-10(12)9-4-2-3-5-11(9)13/h2-8,14H,1H3. The predicted octanol–water partition coefficient (Wildman–Crippen LogP) is 2.93. The van der Waals surface area contributed by atoms with Crippen LogP contribution in [0.15, 0.2) is 42.7 Å². The molecule has 0 aliphatic heterocycles. The Morgan fingerprint density at radius 1 is 1.13 bits per heavy atom. The summed E-state index contributed by atoms with van der Waals surface area (Å²) < 4.78 is 13.5. The first-order valence-corrected chi connectivity index (χ1v) is 4.69. The van der Waals surface area contributed by atoms with Crippen molar-refractivity contribution in [2.24, 2.45) is 0 Å². The average molecular weight is 202 g/mol. The van der Waals surface area contributed by atoms with Crippen LogP contribution in [0.5, 0.6) is 0 Å². The highest BCUT2D eigenvalue weighted by atomic mass is 19.1. The van der Waals surface area contributed by atoms with Gasteiger partial charge >= 0.3 is 0 Å². The van der Waals surface area contributed by atoms with E-state index >= 15 is 0 Å². The van der Waals surface area contributed by atoms with Gasteiger partial charge in [0.05, 0.1) is 11.9 Å². The highest BCUT2D eigenvalue weighted by Gasteiger charge is 2.07. The number of anilines is 1. The molecule has 0 bridgehead atoms. The van der Waals surface area contributed by atoms with E-state index in [0.717, 1.165) is 11.3 Å². The largest absolute Gasteiger partial charge is 0.386 e. The van der Waals surface area contributed by atoms with Gasteiger partial charge in [0.1, 0.15) is 5.82 Å². The summed E-state index contributed by atoms with van der Waals surface area (Å²) in [6.07, 6.45) is 3.34. The summed E-state index contributed by atoms with van der Waals surface area (Å²) in [4.78, 5) is 3.99. The number of nitrogens with zero attached hydrogens (tertiary/aromatic N) is 1. The molecule has 0 atom stereocenters. The summed E-state index contributed by atoms with van der Waals surface area (Å²) in [6.45, 7) is 0. The number of rotatable bonds is 2. The topological polar surface area (TPSA) is 24.9 Å². The normalized spacial score (nSPS) is 10.0. The summed E-state index contributed by atoms with van der Waals surface area (Å²) in [7, 11) is 1.79. The number of halogens is 1. The van der Waals surface area contributed by atoms with Gasteiger partial charge in [0.2, 0.25) is 0 Å². The average Bonchev–Trinajstić information content (AvgIpc) is 2.30. The minimum absolute atomic E-state index is 0.222. The van der Waals surface area contributed by atoms with Crippen LogP contribution in [-0.2, 0) is 0 Å². The Hall–Kier alpha value is -1.90. The molecule has 2 nitrogen and oxygen atoms in total. The quantitative estimate of drug-likeness (QED) is 0.809. The molecular formula is C12H11FN2. The Morgan fingerprint density at radius 3 is 2.67 bits per heavy atom. The van der Waals surface area contributed by atoms with Gasteiger partial charge in [-0.25, -0.2) is 4.39 Å². The van der Waals surface area contributed by atoms with Gasteiger partial charge in [-0.3, -0.25) is 4.98 Å². The first-order valence-electron chi connectivity index (χ1n) is 4.69. The number of hydrogen-bond donors (Lipinski definition) is 1. The third kappa shape index (κ3) is 1.81. The first kappa shape index (κ1) is 9.65. The van der Waals surface area contributed by atoms with Crippen LogP contribution in [0.4, 0.5) is 10.1 Å². The molecule has 3 heteroatoms. The fourth-order valence-corrected chi connectivity index (χ4v) is 1.51. The maximum absolute atomic E-state index is 13.5. The third-order valence-electron chi connectivity index (χ3n) is 2.25. The van der Waals surface area contributed by atoms with Crippen LogP contribution in [0.2, 0.25) is 0 Å². The van der Waals surface area contributed by atoms with Crippen LogP contribution in [0, 0.1) is 5.82 Å².